The van der Waals surface area contributed by atoms with Crippen LogP contribution >= 0.6 is 94.4 Å². The number of amidine groups is 2. The second-order valence-corrected chi connectivity index (χ2v) is 18.5. The number of rotatable bonds is 10. The number of nitrogens with two attached hydrogens (primary N) is 6. The summed E-state index contributed by atoms with van der Waals surface area (Å²) in [5.41, 5.74) is 43.6. The van der Waals surface area contributed by atoms with E-state index < -0.39 is 0 Å². The molecule has 8 aromatic heterocycles. The molecule has 8 heterocycles. The summed E-state index contributed by atoms with van der Waals surface area (Å²) in [6.45, 7) is 0. The van der Waals surface area contributed by atoms with Crippen LogP contribution in [0.25, 0.3) is 43.9 Å². The largest absolute Gasteiger partial charge is 0.403 e. The van der Waals surface area contributed by atoms with E-state index in [1.54, 1.807) is 49.6 Å². The number of pyridine rings is 8. The van der Waals surface area contributed by atoms with Crippen LogP contribution in [0.5, 0.6) is 0 Å². The molecule has 0 saturated heterocycles. The van der Waals surface area contributed by atoms with Crippen molar-refractivity contribution >= 4 is 170 Å². The van der Waals surface area contributed by atoms with Gasteiger partial charge in [0, 0.05) is 88.9 Å². The van der Waals surface area contributed by atoms with Gasteiger partial charge in [0.05, 0.1) is 100 Å². The van der Waals surface area contributed by atoms with E-state index in [1.807, 2.05) is 48.5 Å². The van der Waals surface area contributed by atoms with Gasteiger partial charge in [-0.05, 0) is 142 Å². The average molecular weight is 1200 g/mol. The Balaban J connectivity index is 0.000000263. The maximum atomic E-state index is 8.99. The Morgan fingerprint density at radius 3 is 1.28 bits per heavy atom. The van der Waals surface area contributed by atoms with Gasteiger partial charge in [0.2, 0.25) is 0 Å². The van der Waals surface area contributed by atoms with Gasteiger partial charge in [0.1, 0.15) is 0 Å². The smallest absolute Gasteiger partial charge is 0.377 e. The number of nitriles is 4. The van der Waals surface area contributed by atoms with Crippen molar-refractivity contribution in [2.45, 2.75) is 48.9 Å². The number of hydrogen-bond donors (Lipinski definition) is 6. The van der Waals surface area contributed by atoms with Gasteiger partial charge in [0.25, 0.3) is 11.3 Å². The lowest BCUT2D eigenvalue weighted by Crippen LogP contribution is -2.18. The van der Waals surface area contributed by atoms with Crippen LogP contribution in [0.4, 0.5) is 0 Å². The monoisotopic (exact) mass is 1190 g/mol. The summed E-state index contributed by atoms with van der Waals surface area (Å²) in [5.74, 6) is 1.75. The molecule has 0 radical (unpaired) electrons. The predicted octanol–water partition coefficient (Wildman–Crippen LogP) is 6.40. The lowest BCUT2D eigenvalue weighted by molar-refractivity contribution is 1.10. The fraction of sp³-hybridized carbons (Fsp3) is 0.160. The number of thioether (sulfide) groups is 2. The van der Waals surface area contributed by atoms with Crippen molar-refractivity contribution < 1.29 is 0 Å². The maximum Gasteiger partial charge on any atom is 0.403 e. The van der Waals surface area contributed by atoms with Crippen molar-refractivity contribution in [3.63, 3.8) is 0 Å². The standard InChI is InChI=1S/2C13H10ClN5S.2C11H8ClN3.2CH4N2S/c14-8-19-13(16)20-7-9-6-18-11-2-1-5-17-12(11)10(9)3-4-15;14-8-19-13(16)20-7-11-10(3-4-15)12-9(6-18-11)2-1-5-17-12;12-6-8-7-15-10-2-1-5-14-11(10)9(8)3-4-13;12-6-10-9(3-4-13)11-8(7-15-10)2-1-5-14-11;2*2-1(3)4/h2*1-2,5-6,8,16H,3,7H2;2*1-2,5,7H,3,6H2;2*(H4,2,3,4)/p+2. The number of fused-ring (bicyclic) bond motifs is 4. The Morgan fingerprint density at radius 2 is 0.859 bits per heavy atom. The van der Waals surface area contributed by atoms with E-state index in [4.69, 9.17) is 78.9 Å². The van der Waals surface area contributed by atoms with Crippen LogP contribution in [0.1, 0.15) is 44.8 Å². The summed E-state index contributed by atoms with van der Waals surface area (Å²) >= 11 is 33.1. The highest BCUT2D eigenvalue weighted by molar-refractivity contribution is 8.13. The molecule has 0 atom stereocenters. The number of alkyl halides is 2. The van der Waals surface area contributed by atoms with E-state index in [0.29, 0.717) is 46.4 Å². The Kier molecular flexibility index (Phi) is 29.7. The molecule has 8 aromatic rings. The highest BCUT2D eigenvalue weighted by Crippen LogP contribution is 2.25. The molecule has 396 valence electrons. The molecule has 0 spiro atoms. The van der Waals surface area contributed by atoms with Crippen LogP contribution in [0.15, 0.2) is 98.1 Å². The van der Waals surface area contributed by atoms with Crippen LogP contribution in [0.2, 0.25) is 0 Å². The molecule has 0 aliphatic heterocycles. The van der Waals surface area contributed by atoms with E-state index in [-0.39, 0.29) is 23.1 Å². The molecule has 0 aliphatic carbocycles. The maximum absolute atomic E-state index is 8.99. The van der Waals surface area contributed by atoms with Gasteiger partial charge in [-0.3, -0.25) is 51.3 Å². The van der Waals surface area contributed by atoms with E-state index in [9.17, 15) is 0 Å². The second-order valence-electron chi connectivity index (χ2n) is 14.6. The minimum atomic E-state index is 0.000000000000000222. The molecule has 8 rings (SSSR count). The molecule has 0 fully saturated rings. The van der Waals surface area contributed by atoms with E-state index in [0.717, 1.165) is 100.0 Å². The molecular weight excluding hydrogens is 1150 g/mol. The first-order chi connectivity index (χ1) is 37.7. The van der Waals surface area contributed by atoms with Gasteiger partial charge in [-0.2, -0.15) is 30.4 Å². The minimum absolute atomic E-state index is 0.000000000000000222. The zero-order valence-electron chi connectivity index (χ0n) is 40.9. The number of hydrogen-bond acceptors (Lipinski definition) is 16. The van der Waals surface area contributed by atoms with Gasteiger partial charge < -0.3 is 22.9 Å². The van der Waals surface area contributed by atoms with Gasteiger partial charge in [-0.25, -0.2) is 0 Å². The number of nitrogens with zero attached hydrogens (tertiary/aromatic N) is 14. The molecule has 0 bridgehead atoms. The van der Waals surface area contributed by atoms with Crippen molar-refractivity contribution in [1.29, 1.82) is 21.0 Å². The van der Waals surface area contributed by atoms with Gasteiger partial charge in [-0.1, -0.05) is 0 Å². The first kappa shape index (κ1) is 64.2. The fourth-order valence-electron chi connectivity index (χ4n) is 6.52. The first-order valence-corrected chi connectivity index (χ1v) is 26.8. The van der Waals surface area contributed by atoms with Crippen LogP contribution in [0, 0.1) is 45.3 Å². The number of halogens is 4. The molecule has 0 amide bonds. The zero-order valence-corrected chi connectivity index (χ0v) is 47.2. The van der Waals surface area contributed by atoms with Crippen molar-refractivity contribution in [1.82, 2.24) is 49.2 Å². The van der Waals surface area contributed by atoms with Crippen LogP contribution in [-0.4, -0.2) is 71.8 Å². The van der Waals surface area contributed by atoms with Gasteiger partial charge in [-0.15, -0.1) is 23.2 Å². The SMILES string of the molecule is N#CCc1c(CCl)cnc2cccnc12.N#CCc1c(CCl)ncc2cccnc12.N#CCc1c(CSC(N)=[N+]=CCl)cnc2cccnc12.N#CCc1c(CSC(N)=[N+]=CCl)ncc2cccnc12.NC(N)=S.NC(N)=S. The lowest BCUT2D eigenvalue weighted by Gasteiger charge is -2.07. The lowest BCUT2D eigenvalue weighted by atomic mass is 10.1. The molecule has 0 aromatic carbocycles. The average Bonchev–Trinajstić information content (AvgIpc) is 3.44. The normalized spacial score (nSPS) is 9.54. The Morgan fingerprint density at radius 1 is 0.487 bits per heavy atom. The Labute approximate surface area is 487 Å². The summed E-state index contributed by atoms with van der Waals surface area (Å²) in [7, 11) is 0. The third-order valence-electron chi connectivity index (χ3n) is 9.68. The van der Waals surface area contributed by atoms with Crippen LogP contribution in [0.3, 0.4) is 0 Å². The third kappa shape index (κ3) is 21.2. The van der Waals surface area contributed by atoms with E-state index in [1.165, 1.54) is 23.5 Å². The number of aromatic nitrogens is 8. The molecule has 20 nitrogen and oxygen atoms in total. The number of thiocarbonyl (C=S) groups is 2. The van der Waals surface area contributed by atoms with Crippen LogP contribution in [-0.2, 0) is 48.9 Å². The Hall–Kier alpha value is -8.06. The van der Waals surface area contributed by atoms with Gasteiger partial charge >= 0.3 is 10.3 Å². The van der Waals surface area contributed by atoms with E-state index >= 15 is 0 Å². The molecule has 0 saturated carbocycles. The topological polar surface area (TPSA) is 383 Å². The molecular formula is C50H46Cl4N20S4+2. The summed E-state index contributed by atoms with van der Waals surface area (Å²) in [6, 6.07) is 23.5. The van der Waals surface area contributed by atoms with Crippen molar-refractivity contribution in [3.05, 3.63) is 143 Å². The molecule has 0 aliphatic rings. The van der Waals surface area contributed by atoms with Gasteiger partial charge in [0.15, 0.2) is 10.2 Å². The van der Waals surface area contributed by atoms with Crippen LogP contribution < -0.4 is 43.7 Å². The van der Waals surface area contributed by atoms with E-state index in [2.05, 4.69) is 121 Å². The third-order valence-corrected chi connectivity index (χ3v) is 12.1. The van der Waals surface area contributed by atoms with Crippen molar-refractivity contribution in [3.8, 4) is 24.3 Å². The first-order valence-electron chi connectivity index (χ1n) is 22.0. The summed E-state index contributed by atoms with van der Waals surface area (Å²) in [5, 5.41) is 38.1. The highest BCUT2D eigenvalue weighted by atomic mass is 35.5. The predicted molar refractivity (Wildman–Crippen MR) is 326 cm³/mol. The molecule has 12 N–H and O–H groups in total. The molecule has 28 heteroatoms. The Bertz CT molecular complexity index is 3410. The minimum Gasteiger partial charge on any atom is -0.377 e. The zero-order chi connectivity index (χ0) is 57.2. The molecule has 78 heavy (non-hydrogen) atoms. The fourth-order valence-corrected chi connectivity index (χ4v) is 8.65. The summed E-state index contributed by atoms with van der Waals surface area (Å²) in [4.78, 5) is 34.3. The quantitative estimate of drug-likeness (QED) is 0.0283. The highest BCUT2D eigenvalue weighted by Gasteiger charge is 2.15. The van der Waals surface area contributed by atoms with Crippen molar-refractivity contribution in [2.75, 3.05) is 0 Å². The summed E-state index contributed by atoms with van der Waals surface area (Å²) in [6.07, 6.45) is 14.9. The van der Waals surface area contributed by atoms with Crippen molar-refractivity contribution in [2.24, 2.45) is 34.4 Å². The summed E-state index contributed by atoms with van der Waals surface area (Å²) < 4.78 is 7.54. The molecule has 0 unspecified atom stereocenters. The second kappa shape index (κ2) is 36.1.